The van der Waals surface area contributed by atoms with Crippen LogP contribution in [0.2, 0.25) is 0 Å². The molecule has 0 bridgehead atoms. The molecule has 0 fully saturated rings. The first-order chi connectivity index (χ1) is 16.8. The van der Waals surface area contributed by atoms with Crippen molar-refractivity contribution in [2.75, 3.05) is 19.0 Å². The van der Waals surface area contributed by atoms with E-state index in [1.54, 1.807) is 12.1 Å². The van der Waals surface area contributed by atoms with Crippen molar-refractivity contribution in [1.29, 1.82) is 0 Å². The van der Waals surface area contributed by atoms with E-state index in [0.717, 1.165) is 38.4 Å². The van der Waals surface area contributed by atoms with Crippen LogP contribution >= 0.6 is 0 Å². The summed E-state index contributed by atoms with van der Waals surface area (Å²) in [5, 5.41) is 5.09. The van der Waals surface area contributed by atoms with E-state index in [9.17, 15) is 13.2 Å². The number of benzene rings is 6. The molecule has 0 aliphatic heterocycles. The predicted octanol–water partition coefficient (Wildman–Crippen LogP) is 9.05. The molecule has 0 N–H and O–H groups in total. The highest BCUT2D eigenvalue weighted by atomic mass is 19.4. The van der Waals surface area contributed by atoms with Crippen LogP contribution in [0.15, 0.2) is 97.1 Å². The number of hydrogen-bond acceptors (Lipinski definition) is 1. The number of alkyl halides is 3. The molecule has 0 aliphatic carbocycles. The Kier molecular flexibility index (Phi) is 4.75. The zero-order valence-electron chi connectivity index (χ0n) is 19.3. The summed E-state index contributed by atoms with van der Waals surface area (Å²) in [7, 11) is 3.94. The summed E-state index contributed by atoms with van der Waals surface area (Å²) in [6.07, 6.45) is -4.51. The minimum Gasteiger partial charge on any atom is -0.378 e. The minimum atomic E-state index is -4.51. The molecule has 0 saturated carbocycles. The lowest BCUT2D eigenvalue weighted by Gasteiger charge is -2.21. The fourth-order valence-electron chi connectivity index (χ4n) is 5.14. The molecule has 6 rings (SSSR count). The molecular formula is C31H22F3N. The van der Waals surface area contributed by atoms with E-state index >= 15 is 0 Å². The average molecular weight is 466 g/mol. The SMILES string of the molecule is CN(C)c1ccc(-c2c3cc4ccccc4cc3c(C(F)(F)F)c3cc4ccccc4cc23)cc1. The van der Waals surface area contributed by atoms with Crippen LogP contribution in [0.4, 0.5) is 18.9 Å². The third-order valence-electron chi connectivity index (χ3n) is 6.80. The van der Waals surface area contributed by atoms with Crippen molar-refractivity contribution >= 4 is 48.8 Å². The topological polar surface area (TPSA) is 3.24 Å². The molecule has 0 atom stereocenters. The molecule has 6 aromatic carbocycles. The van der Waals surface area contributed by atoms with Gasteiger partial charge in [0.05, 0.1) is 5.56 Å². The Morgan fingerprint density at radius 3 is 1.31 bits per heavy atom. The maximum atomic E-state index is 14.7. The fraction of sp³-hybridized carbons (Fsp3) is 0.0968. The lowest BCUT2D eigenvalue weighted by molar-refractivity contribution is -0.135. The third kappa shape index (κ3) is 3.48. The molecule has 6 aromatic rings. The molecule has 0 saturated heterocycles. The number of nitrogens with zero attached hydrogens (tertiary/aromatic N) is 1. The van der Waals surface area contributed by atoms with Gasteiger partial charge in [-0.25, -0.2) is 0 Å². The molecule has 0 spiro atoms. The van der Waals surface area contributed by atoms with Crippen molar-refractivity contribution in [3.05, 3.63) is 103 Å². The van der Waals surface area contributed by atoms with Gasteiger partial charge < -0.3 is 4.90 Å². The van der Waals surface area contributed by atoms with E-state index in [1.807, 2.05) is 104 Å². The molecular weight excluding hydrogens is 443 g/mol. The Hall–Kier alpha value is -4.05. The van der Waals surface area contributed by atoms with Crippen LogP contribution in [-0.4, -0.2) is 14.1 Å². The lowest BCUT2D eigenvalue weighted by atomic mass is 9.85. The van der Waals surface area contributed by atoms with Gasteiger partial charge in [0.2, 0.25) is 0 Å². The van der Waals surface area contributed by atoms with Crippen LogP contribution < -0.4 is 4.90 Å². The normalized spacial score (nSPS) is 12.1. The lowest BCUT2D eigenvalue weighted by Crippen LogP contribution is -2.08. The second kappa shape index (κ2) is 7.74. The van der Waals surface area contributed by atoms with Crippen molar-refractivity contribution < 1.29 is 13.2 Å². The first kappa shape index (κ1) is 21.5. The highest BCUT2D eigenvalue weighted by Crippen LogP contribution is 2.47. The van der Waals surface area contributed by atoms with Gasteiger partial charge in [0, 0.05) is 19.8 Å². The number of halogens is 3. The van der Waals surface area contributed by atoms with Gasteiger partial charge in [-0.05, 0) is 90.6 Å². The largest absolute Gasteiger partial charge is 0.417 e. The Labute approximate surface area is 201 Å². The van der Waals surface area contributed by atoms with Crippen molar-refractivity contribution in [2.24, 2.45) is 0 Å². The van der Waals surface area contributed by atoms with Crippen molar-refractivity contribution in [1.82, 2.24) is 0 Å². The maximum Gasteiger partial charge on any atom is 0.417 e. The minimum absolute atomic E-state index is 0.227. The summed E-state index contributed by atoms with van der Waals surface area (Å²) in [6, 6.07) is 30.4. The second-order valence-corrected chi connectivity index (χ2v) is 9.18. The Morgan fingerprint density at radius 1 is 0.543 bits per heavy atom. The van der Waals surface area contributed by atoms with Gasteiger partial charge in [-0.15, -0.1) is 0 Å². The van der Waals surface area contributed by atoms with Gasteiger partial charge in [-0.1, -0.05) is 60.7 Å². The summed E-state index contributed by atoms with van der Waals surface area (Å²) in [6.45, 7) is 0. The Morgan fingerprint density at radius 2 is 0.943 bits per heavy atom. The Bertz CT molecular complexity index is 1650. The number of hydrogen-bond donors (Lipinski definition) is 0. The van der Waals surface area contributed by atoms with Crippen LogP contribution in [-0.2, 0) is 6.18 Å². The van der Waals surface area contributed by atoms with Crippen LogP contribution in [0.3, 0.4) is 0 Å². The molecule has 0 aromatic heterocycles. The highest BCUT2D eigenvalue weighted by molar-refractivity contribution is 6.20. The molecule has 35 heavy (non-hydrogen) atoms. The monoisotopic (exact) mass is 465 g/mol. The van der Waals surface area contributed by atoms with Gasteiger partial charge >= 0.3 is 6.18 Å². The average Bonchev–Trinajstić information content (AvgIpc) is 2.84. The molecule has 1 nitrogen and oxygen atoms in total. The van der Waals surface area contributed by atoms with E-state index in [4.69, 9.17) is 0 Å². The van der Waals surface area contributed by atoms with E-state index in [0.29, 0.717) is 10.8 Å². The molecule has 0 aliphatic rings. The summed E-state index contributed by atoms with van der Waals surface area (Å²) in [5.41, 5.74) is 2.17. The van der Waals surface area contributed by atoms with Gasteiger partial charge in [-0.3, -0.25) is 0 Å². The smallest absolute Gasteiger partial charge is 0.378 e. The summed E-state index contributed by atoms with van der Waals surface area (Å²) in [4.78, 5) is 2.01. The van der Waals surface area contributed by atoms with Crippen LogP contribution in [0.5, 0.6) is 0 Å². The predicted molar refractivity (Wildman–Crippen MR) is 141 cm³/mol. The summed E-state index contributed by atoms with van der Waals surface area (Å²) >= 11 is 0. The van der Waals surface area contributed by atoms with Crippen LogP contribution in [0.1, 0.15) is 5.56 Å². The first-order valence-electron chi connectivity index (χ1n) is 11.5. The zero-order valence-corrected chi connectivity index (χ0v) is 19.3. The third-order valence-corrected chi connectivity index (χ3v) is 6.80. The van der Waals surface area contributed by atoms with Gasteiger partial charge in [0.1, 0.15) is 0 Å². The molecule has 0 radical (unpaired) electrons. The van der Waals surface area contributed by atoms with E-state index < -0.39 is 11.7 Å². The molecule has 4 heteroatoms. The summed E-state index contributed by atoms with van der Waals surface area (Å²) in [5.74, 6) is 0. The second-order valence-electron chi connectivity index (χ2n) is 9.18. The fourth-order valence-corrected chi connectivity index (χ4v) is 5.14. The number of anilines is 1. The zero-order chi connectivity index (χ0) is 24.3. The quantitative estimate of drug-likeness (QED) is 0.231. The standard InChI is InChI=1S/C31H22F3N/c1-35(2)24-13-11-19(12-14-24)29-25-15-20-7-3-5-9-22(20)17-27(25)30(31(32,33)34)28-18-23-10-6-4-8-21(23)16-26(28)29/h3-18H,1-2H3. The maximum absolute atomic E-state index is 14.7. The summed E-state index contributed by atoms with van der Waals surface area (Å²) < 4.78 is 44.2. The molecule has 0 amide bonds. The van der Waals surface area contributed by atoms with Crippen LogP contribution in [0.25, 0.3) is 54.2 Å². The van der Waals surface area contributed by atoms with Crippen molar-refractivity contribution in [3.8, 4) is 11.1 Å². The van der Waals surface area contributed by atoms with E-state index in [-0.39, 0.29) is 10.8 Å². The van der Waals surface area contributed by atoms with Gasteiger partial charge in [-0.2, -0.15) is 13.2 Å². The molecule has 0 unspecified atom stereocenters. The van der Waals surface area contributed by atoms with E-state index in [2.05, 4.69) is 0 Å². The molecule has 172 valence electrons. The van der Waals surface area contributed by atoms with Gasteiger partial charge in [0.15, 0.2) is 0 Å². The van der Waals surface area contributed by atoms with E-state index in [1.165, 1.54) is 0 Å². The number of fused-ring (bicyclic) bond motifs is 4. The van der Waals surface area contributed by atoms with Crippen LogP contribution in [0, 0.1) is 0 Å². The Balaban J connectivity index is 1.86. The van der Waals surface area contributed by atoms with Gasteiger partial charge in [0.25, 0.3) is 0 Å². The number of rotatable bonds is 2. The van der Waals surface area contributed by atoms with Crippen molar-refractivity contribution in [2.45, 2.75) is 6.18 Å². The van der Waals surface area contributed by atoms with Crippen molar-refractivity contribution in [3.63, 3.8) is 0 Å². The first-order valence-corrected chi connectivity index (χ1v) is 11.5. The molecule has 0 heterocycles. The highest BCUT2D eigenvalue weighted by Gasteiger charge is 2.36.